The zero-order valence-corrected chi connectivity index (χ0v) is 10.7. The maximum atomic E-state index is 5.87. The molecule has 0 heterocycles. The molecule has 2 heteroatoms. The standard InChI is InChI=1S/C13H20ClN/c1-13(2,3)9-12(15-4)10-5-7-11(14)8-6-10/h5-8,12,15H,9H2,1-4H3. The fraction of sp³-hybridized carbons (Fsp3) is 0.538. The maximum Gasteiger partial charge on any atom is 0.0406 e. The molecular weight excluding hydrogens is 206 g/mol. The molecular formula is C13H20ClN. The Hall–Kier alpha value is -0.530. The molecule has 1 unspecified atom stereocenters. The van der Waals surface area contributed by atoms with Crippen LogP contribution in [-0.2, 0) is 0 Å². The van der Waals surface area contributed by atoms with Crippen molar-refractivity contribution in [3.8, 4) is 0 Å². The summed E-state index contributed by atoms with van der Waals surface area (Å²) in [5, 5.41) is 4.15. The molecule has 0 aromatic heterocycles. The van der Waals surface area contributed by atoms with E-state index in [1.807, 2.05) is 19.2 Å². The lowest BCUT2D eigenvalue weighted by atomic mass is 9.85. The smallest absolute Gasteiger partial charge is 0.0406 e. The van der Waals surface area contributed by atoms with Crippen LogP contribution in [0.2, 0.25) is 5.02 Å². The normalized spacial score (nSPS) is 13.9. The second kappa shape index (κ2) is 5.00. The van der Waals surface area contributed by atoms with Crippen LogP contribution in [0.15, 0.2) is 24.3 Å². The van der Waals surface area contributed by atoms with Crippen molar-refractivity contribution < 1.29 is 0 Å². The van der Waals surface area contributed by atoms with E-state index >= 15 is 0 Å². The third-order valence-electron chi connectivity index (χ3n) is 2.44. The van der Waals surface area contributed by atoms with E-state index in [9.17, 15) is 0 Å². The van der Waals surface area contributed by atoms with E-state index in [4.69, 9.17) is 11.6 Å². The average molecular weight is 226 g/mol. The van der Waals surface area contributed by atoms with Gasteiger partial charge in [-0.3, -0.25) is 0 Å². The minimum atomic E-state index is 0.327. The van der Waals surface area contributed by atoms with E-state index in [0.717, 1.165) is 11.4 Å². The first kappa shape index (κ1) is 12.5. The first-order valence-corrected chi connectivity index (χ1v) is 5.73. The molecule has 1 rings (SSSR count). The molecule has 1 aromatic carbocycles. The summed E-state index contributed by atoms with van der Waals surface area (Å²) < 4.78 is 0. The SMILES string of the molecule is CNC(CC(C)(C)C)c1ccc(Cl)cc1. The molecule has 0 bridgehead atoms. The summed E-state index contributed by atoms with van der Waals surface area (Å²) in [7, 11) is 2.00. The molecule has 0 aliphatic heterocycles. The average Bonchev–Trinajstić information content (AvgIpc) is 2.14. The molecule has 0 fully saturated rings. The number of hydrogen-bond acceptors (Lipinski definition) is 1. The summed E-state index contributed by atoms with van der Waals surface area (Å²) in [6, 6.07) is 8.49. The molecule has 15 heavy (non-hydrogen) atoms. The highest BCUT2D eigenvalue weighted by Gasteiger charge is 2.18. The van der Waals surface area contributed by atoms with E-state index in [1.54, 1.807) is 0 Å². The van der Waals surface area contributed by atoms with Gasteiger partial charge in [-0.15, -0.1) is 0 Å². The van der Waals surface area contributed by atoms with Crippen molar-refractivity contribution in [3.05, 3.63) is 34.9 Å². The molecule has 0 aliphatic carbocycles. The summed E-state index contributed by atoms with van der Waals surface area (Å²) in [4.78, 5) is 0. The van der Waals surface area contributed by atoms with Crippen molar-refractivity contribution in [2.45, 2.75) is 33.2 Å². The lowest BCUT2D eigenvalue weighted by molar-refractivity contribution is 0.321. The summed E-state index contributed by atoms with van der Waals surface area (Å²) in [6.07, 6.45) is 1.12. The predicted octanol–water partition coefficient (Wildman–Crippen LogP) is 4.04. The molecule has 0 saturated heterocycles. The van der Waals surface area contributed by atoms with Crippen LogP contribution in [0.5, 0.6) is 0 Å². The van der Waals surface area contributed by atoms with Gasteiger partial charge < -0.3 is 5.32 Å². The van der Waals surface area contributed by atoms with Crippen LogP contribution in [0.1, 0.15) is 38.8 Å². The molecule has 0 amide bonds. The monoisotopic (exact) mass is 225 g/mol. The Balaban J connectivity index is 2.79. The van der Waals surface area contributed by atoms with Crippen molar-refractivity contribution in [2.75, 3.05) is 7.05 Å². The van der Waals surface area contributed by atoms with E-state index in [0.29, 0.717) is 11.5 Å². The molecule has 1 atom stereocenters. The van der Waals surface area contributed by atoms with Crippen LogP contribution >= 0.6 is 11.6 Å². The van der Waals surface area contributed by atoms with Crippen molar-refractivity contribution in [1.82, 2.24) is 5.32 Å². The van der Waals surface area contributed by atoms with Gasteiger partial charge in [0.1, 0.15) is 0 Å². The maximum absolute atomic E-state index is 5.87. The van der Waals surface area contributed by atoms with Crippen molar-refractivity contribution in [3.63, 3.8) is 0 Å². The van der Waals surface area contributed by atoms with Crippen LogP contribution in [0.3, 0.4) is 0 Å². The Morgan fingerprint density at radius 1 is 1.20 bits per heavy atom. The molecule has 1 N–H and O–H groups in total. The number of halogens is 1. The summed E-state index contributed by atoms with van der Waals surface area (Å²) >= 11 is 5.87. The Bertz CT molecular complexity index is 297. The van der Waals surface area contributed by atoms with E-state index < -0.39 is 0 Å². The Labute approximate surface area is 97.8 Å². The Morgan fingerprint density at radius 2 is 1.73 bits per heavy atom. The van der Waals surface area contributed by atoms with Gasteiger partial charge in [-0.05, 0) is 36.6 Å². The molecule has 0 radical (unpaired) electrons. The van der Waals surface area contributed by atoms with Gasteiger partial charge in [0.2, 0.25) is 0 Å². The zero-order chi connectivity index (χ0) is 11.5. The van der Waals surface area contributed by atoms with Gasteiger partial charge in [-0.25, -0.2) is 0 Å². The second-order valence-electron chi connectivity index (χ2n) is 5.16. The van der Waals surface area contributed by atoms with Gasteiger partial charge in [0, 0.05) is 11.1 Å². The van der Waals surface area contributed by atoms with Crippen LogP contribution in [0.4, 0.5) is 0 Å². The Kier molecular flexibility index (Phi) is 4.18. The van der Waals surface area contributed by atoms with E-state index in [-0.39, 0.29) is 0 Å². The van der Waals surface area contributed by atoms with Gasteiger partial charge in [0.05, 0.1) is 0 Å². The minimum absolute atomic E-state index is 0.327. The largest absolute Gasteiger partial charge is 0.313 e. The highest BCUT2D eigenvalue weighted by molar-refractivity contribution is 6.30. The highest BCUT2D eigenvalue weighted by atomic mass is 35.5. The summed E-state index contributed by atoms with van der Waals surface area (Å²) in [6.45, 7) is 6.77. The fourth-order valence-electron chi connectivity index (χ4n) is 1.69. The number of rotatable bonds is 3. The van der Waals surface area contributed by atoms with Gasteiger partial charge in [-0.2, -0.15) is 0 Å². The Morgan fingerprint density at radius 3 is 2.13 bits per heavy atom. The molecule has 0 aliphatic rings. The van der Waals surface area contributed by atoms with Crippen LogP contribution in [0, 0.1) is 5.41 Å². The summed E-state index contributed by atoms with van der Waals surface area (Å²) in [5.74, 6) is 0. The molecule has 1 nitrogen and oxygen atoms in total. The molecule has 1 aromatic rings. The van der Waals surface area contributed by atoms with Crippen LogP contribution < -0.4 is 5.32 Å². The van der Waals surface area contributed by atoms with E-state index in [1.165, 1.54) is 5.56 Å². The lowest BCUT2D eigenvalue weighted by Crippen LogP contribution is -2.22. The number of benzene rings is 1. The van der Waals surface area contributed by atoms with Crippen molar-refractivity contribution >= 4 is 11.6 Å². The van der Waals surface area contributed by atoms with Gasteiger partial charge in [-0.1, -0.05) is 44.5 Å². The first-order valence-electron chi connectivity index (χ1n) is 5.35. The fourth-order valence-corrected chi connectivity index (χ4v) is 1.82. The molecule has 0 saturated carbocycles. The third kappa shape index (κ3) is 4.23. The highest BCUT2D eigenvalue weighted by Crippen LogP contribution is 2.29. The van der Waals surface area contributed by atoms with Crippen LogP contribution in [-0.4, -0.2) is 7.05 Å². The number of hydrogen-bond donors (Lipinski definition) is 1. The van der Waals surface area contributed by atoms with Gasteiger partial charge in [0.25, 0.3) is 0 Å². The topological polar surface area (TPSA) is 12.0 Å². The molecule has 0 spiro atoms. The van der Waals surface area contributed by atoms with Crippen molar-refractivity contribution in [2.24, 2.45) is 5.41 Å². The quantitative estimate of drug-likeness (QED) is 0.819. The minimum Gasteiger partial charge on any atom is -0.313 e. The van der Waals surface area contributed by atoms with E-state index in [2.05, 4.69) is 38.2 Å². The van der Waals surface area contributed by atoms with Gasteiger partial charge in [0.15, 0.2) is 0 Å². The number of nitrogens with one attached hydrogen (secondary N) is 1. The molecule has 84 valence electrons. The van der Waals surface area contributed by atoms with Crippen LogP contribution in [0.25, 0.3) is 0 Å². The third-order valence-corrected chi connectivity index (χ3v) is 2.69. The predicted molar refractivity (Wildman–Crippen MR) is 67.3 cm³/mol. The van der Waals surface area contributed by atoms with Crippen molar-refractivity contribution in [1.29, 1.82) is 0 Å². The summed E-state index contributed by atoms with van der Waals surface area (Å²) in [5.41, 5.74) is 1.63. The van der Waals surface area contributed by atoms with Gasteiger partial charge >= 0.3 is 0 Å². The zero-order valence-electron chi connectivity index (χ0n) is 9.97. The first-order chi connectivity index (χ1) is 6.92. The lowest BCUT2D eigenvalue weighted by Gasteiger charge is -2.26. The second-order valence-corrected chi connectivity index (χ2v) is 5.59.